The van der Waals surface area contributed by atoms with Crippen LogP contribution in [0.2, 0.25) is 0 Å². The first kappa shape index (κ1) is 19.4. The zero-order valence-corrected chi connectivity index (χ0v) is 16.8. The zero-order chi connectivity index (χ0) is 19.6. The molecule has 1 aliphatic heterocycles. The van der Waals surface area contributed by atoms with Gasteiger partial charge in [-0.05, 0) is 56.9 Å². The molecule has 1 saturated heterocycles. The molecule has 1 atom stereocenters. The molecule has 6 heteroatoms. The number of nitrogens with one attached hydrogen (secondary N) is 1. The lowest BCUT2D eigenvalue weighted by Gasteiger charge is -2.29. The van der Waals surface area contributed by atoms with Crippen molar-refractivity contribution in [2.45, 2.75) is 39.7 Å². The topological polar surface area (TPSA) is 66.5 Å². The summed E-state index contributed by atoms with van der Waals surface area (Å²) >= 11 is 0. The van der Waals surface area contributed by atoms with Gasteiger partial charge in [-0.15, -0.1) is 0 Å². The van der Waals surface area contributed by atoms with E-state index >= 15 is 0 Å². The van der Waals surface area contributed by atoms with Gasteiger partial charge in [-0.2, -0.15) is 0 Å². The summed E-state index contributed by atoms with van der Waals surface area (Å²) in [5.41, 5.74) is 4.12. The minimum absolute atomic E-state index is 0.137. The summed E-state index contributed by atoms with van der Waals surface area (Å²) in [6, 6.07) is 13.1. The molecular formula is C21H26N2O3S. The number of hydrogen-bond donors (Lipinski definition) is 1. The van der Waals surface area contributed by atoms with Crippen molar-refractivity contribution < 1.29 is 13.2 Å². The molecule has 1 fully saturated rings. The fourth-order valence-electron chi connectivity index (χ4n) is 3.30. The van der Waals surface area contributed by atoms with Crippen molar-refractivity contribution >= 4 is 21.6 Å². The van der Waals surface area contributed by atoms with Gasteiger partial charge < -0.3 is 5.32 Å². The van der Waals surface area contributed by atoms with E-state index in [1.165, 1.54) is 9.87 Å². The van der Waals surface area contributed by atoms with Crippen molar-refractivity contribution in [1.29, 1.82) is 0 Å². The second-order valence-corrected chi connectivity index (χ2v) is 9.22. The lowest BCUT2D eigenvalue weighted by Crippen LogP contribution is -2.38. The molecule has 144 valence electrons. The Bertz CT molecular complexity index is 936. The Hall–Kier alpha value is -2.34. The van der Waals surface area contributed by atoms with Crippen molar-refractivity contribution in [2.75, 3.05) is 16.6 Å². The standard InChI is InChI=1S/C21H26N2O3S/c1-15-6-9-18(10-7-15)17(3)22-21(24)19-11-8-16(2)20(14-19)23-12-4-5-13-27(23,25)26/h6-11,14,17H,4-5,12-13H2,1-3H3,(H,22,24)/t17-/m0/s1. The average molecular weight is 387 g/mol. The highest BCUT2D eigenvalue weighted by molar-refractivity contribution is 7.92. The van der Waals surface area contributed by atoms with E-state index in [1.807, 2.05) is 51.1 Å². The molecule has 2 aromatic carbocycles. The van der Waals surface area contributed by atoms with E-state index in [2.05, 4.69) is 5.32 Å². The van der Waals surface area contributed by atoms with Gasteiger partial charge in [0.1, 0.15) is 0 Å². The maximum absolute atomic E-state index is 12.7. The van der Waals surface area contributed by atoms with Gasteiger partial charge in [0, 0.05) is 12.1 Å². The van der Waals surface area contributed by atoms with Gasteiger partial charge in [-0.25, -0.2) is 8.42 Å². The number of amides is 1. The van der Waals surface area contributed by atoms with Crippen LogP contribution < -0.4 is 9.62 Å². The van der Waals surface area contributed by atoms with Crippen molar-refractivity contribution in [2.24, 2.45) is 0 Å². The molecule has 0 spiro atoms. The first-order valence-electron chi connectivity index (χ1n) is 9.26. The van der Waals surface area contributed by atoms with Crippen LogP contribution in [-0.4, -0.2) is 26.6 Å². The third-order valence-electron chi connectivity index (χ3n) is 5.01. The molecular weight excluding hydrogens is 360 g/mol. The third kappa shape index (κ3) is 4.33. The molecule has 1 heterocycles. The van der Waals surface area contributed by atoms with Gasteiger partial charge in [-0.3, -0.25) is 9.10 Å². The highest BCUT2D eigenvalue weighted by atomic mass is 32.2. The second kappa shape index (κ2) is 7.72. The number of sulfonamides is 1. The number of carbonyl (C=O) groups is 1. The van der Waals surface area contributed by atoms with Crippen LogP contribution in [0, 0.1) is 13.8 Å². The molecule has 27 heavy (non-hydrogen) atoms. The summed E-state index contributed by atoms with van der Waals surface area (Å²) in [5.74, 6) is -0.0495. The van der Waals surface area contributed by atoms with E-state index in [0.717, 1.165) is 17.5 Å². The van der Waals surface area contributed by atoms with E-state index < -0.39 is 10.0 Å². The van der Waals surface area contributed by atoms with Crippen LogP contribution in [0.4, 0.5) is 5.69 Å². The Morgan fingerprint density at radius 1 is 1.07 bits per heavy atom. The number of benzene rings is 2. The smallest absolute Gasteiger partial charge is 0.251 e. The molecule has 1 N–H and O–H groups in total. The molecule has 0 unspecified atom stereocenters. The first-order valence-corrected chi connectivity index (χ1v) is 10.9. The number of hydrogen-bond acceptors (Lipinski definition) is 3. The highest BCUT2D eigenvalue weighted by Crippen LogP contribution is 2.28. The number of nitrogens with zero attached hydrogens (tertiary/aromatic N) is 1. The lowest BCUT2D eigenvalue weighted by molar-refractivity contribution is 0.0940. The van der Waals surface area contributed by atoms with Crippen LogP contribution in [-0.2, 0) is 10.0 Å². The summed E-state index contributed by atoms with van der Waals surface area (Å²) < 4.78 is 26.3. The fourth-order valence-corrected chi connectivity index (χ4v) is 4.99. The molecule has 0 radical (unpaired) electrons. The fraction of sp³-hybridized carbons (Fsp3) is 0.381. The number of anilines is 1. The average Bonchev–Trinajstić information content (AvgIpc) is 2.62. The van der Waals surface area contributed by atoms with Crippen molar-refractivity contribution in [3.63, 3.8) is 0 Å². The second-order valence-electron chi connectivity index (χ2n) is 7.20. The lowest BCUT2D eigenvalue weighted by atomic mass is 10.1. The predicted octanol–water partition coefficient (Wildman–Crippen LogP) is 3.72. The molecule has 0 bridgehead atoms. The van der Waals surface area contributed by atoms with Crippen LogP contribution in [0.3, 0.4) is 0 Å². The number of rotatable bonds is 4. The molecule has 5 nitrogen and oxygen atoms in total. The SMILES string of the molecule is Cc1ccc([C@H](C)NC(=O)c2ccc(C)c(N3CCCCS3(=O)=O)c2)cc1. The van der Waals surface area contributed by atoms with Gasteiger partial charge >= 0.3 is 0 Å². The monoisotopic (exact) mass is 386 g/mol. The van der Waals surface area contributed by atoms with Crippen molar-refractivity contribution in [1.82, 2.24) is 5.32 Å². The highest BCUT2D eigenvalue weighted by Gasteiger charge is 2.27. The van der Waals surface area contributed by atoms with Gasteiger partial charge in [0.25, 0.3) is 5.91 Å². The van der Waals surface area contributed by atoms with Crippen LogP contribution >= 0.6 is 0 Å². The van der Waals surface area contributed by atoms with E-state index in [9.17, 15) is 13.2 Å². The molecule has 0 aliphatic carbocycles. The number of aryl methyl sites for hydroxylation is 2. The summed E-state index contributed by atoms with van der Waals surface area (Å²) in [5, 5.41) is 3.00. The molecule has 0 aromatic heterocycles. The Morgan fingerprint density at radius 2 is 1.78 bits per heavy atom. The van der Waals surface area contributed by atoms with Crippen LogP contribution in [0.25, 0.3) is 0 Å². The van der Waals surface area contributed by atoms with Gasteiger partial charge in [-0.1, -0.05) is 35.9 Å². The van der Waals surface area contributed by atoms with E-state index in [-0.39, 0.29) is 17.7 Å². The molecule has 2 aromatic rings. The van der Waals surface area contributed by atoms with Gasteiger partial charge in [0.2, 0.25) is 10.0 Å². The van der Waals surface area contributed by atoms with Gasteiger partial charge in [0.05, 0.1) is 17.5 Å². The minimum atomic E-state index is -3.31. The van der Waals surface area contributed by atoms with Crippen LogP contribution in [0.15, 0.2) is 42.5 Å². The Labute approximate surface area is 161 Å². The van der Waals surface area contributed by atoms with Crippen molar-refractivity contribution in [3.05, 3.63) is 64.7 Å². The van der Waals surface area contributed by atoms with Crippen LogP contribution in [0.5, 0.6) is 0 Å². The zero-order valence-electron chi connectivity index (χ0n) is 16.0. The summed E-state index contributed by atoms with van der Waals surface area (Å²) in [7, 11) is -3.31. The number of carbonyl (C=O) groups excluding carboxylic acids is 1. The largest absolute Gasteiger partial charge is 0.346 e. The molecule has 1 aliphatic rings. The van der Waals surface area contributed by atoms with Crippen molar-refractivity contribution in [3.8, 4) is 0 Å². The summed E-state index contributed by atoms with van der Waals surface area (Å²) in [4.78, 5) is 12.7. The van der Waals surface area contributed by atoms with E-state index in [4.69, 9.17) is 0 Å². The maximum atomic E-state index is 12.7. The predicted molar refractivity (Wildman–Crippen MR) is 109 cm³/mol. The quantitative estimate of drug-likeness (QED) is 0.871. The summed E-state index contributed by atoms with van der Waals surface area (Å²) in [6.07, 6.45) is 1.52. The maximum Gasteiger partial charge on any atom is 0.251 e. The molecule has 0 saturated carbocycles. The first-order chi connectivity index (χ1) is 12.8. The van der Waals surface area contributed by atoms with E-state index in [1.54, 1.807) is 12.1 Å². The summed E-state index contributed by atoms with van der Waals surface area (Å²) in [6.45, 7) is 6.30. The Morgan fingerprint density at radius 3 is 2.44 bits per heavy atom. The van der Waals surface area contributed by atoms with Gasteiger partial charge in [0.15, 0.2) is 0 Å². The normalized spacial score (nSPS) is 17.4. The third-order valence-corrected chi connectivity index (χ3v) is 6.87. The Balaban J connectivity index is 1.82. The van der Waals surface area contributed by atoms with E-state index in [0.29, 0.717) is 24.2 Å². The van der Waals surface area contributed by atoms with Crippen LogP contribution in [0.1, 0.15) is 52.9 Å². The molecule has 3 rings (SSSR count). The molecule has 1 amide bonds. The minimum Gasteiger partial charge on any atom is -0.346 e. The Kier molecular flexibility index (Phi) is 5.56.